The van der Waals surface area contributed by atoms with Crippen molar-refractivity contribution in [1.82, 2.24) is 9.78 Å². The van der Waals surface area contributed by atoms with E-state index in [0.717, 1.165) is 12.0 Å². The van der Waals surface area contributed by atoms with Crippen molar-refractivity contribution >= 4 is 5.97 Å². The molecule has 0 saturated carbocycles. The largest absolute Gasteiger partial charge is 0.462 e. The molecule has 26 heavy (non-hydrogen) atoms. The molecule has 0 radical (unpaired) electrons. The summed E-state index contributed by atoms with van der Waals surface area (Å²) in [6, 6.07) is 18.1. The molecule has 0 atom stereocenters. The molecule has 0 aliphatic heterocycles. The molecule has 3 aromatic rings. The smallest absolute Gasteiger partial charge is 0.341 e. The second-order valence-electron chi connectivity index (χ2n) is 5.95. The van der Waals surface area contributed by atoms with Gasteiger partial charge in [-0.3, -0.25) is 4.68 Å². The van der Waals surface area contributed by atoms with Crippen LogP contribution < -0.4 is 0 Å². The summed E-state index contributed by atoms with van der Waals surface area (Å²) in [6.07, 6.45) is 4.04. The average Bonchev–Trinajstić information content (AvgIpc) is 3.13. The first-order chi connectivity index (χ1) is 12.7. The van der Waals surface area contributed by atoms with Gasteiger partial charge in [0.15, 0.2) is 0 Å². The second kappa shape index (κ2) is 8.13. The molecule has 5 heteroatoms. The summed E-state index contributed by atoms with van der Waals surface area (Å²) in [7, 11) is 0. The van der Waals surface area contributed by atoms with Gasteiger partial charge in [-0.05, 0) is 42.2 Å². The lowest BCUT2D eigenvalue weighted by atomic mass is 10.0. The number of hydrogen-bond acceptors (Lipinski definition) is 4. The van der Waals surface area contributed by atoms with E-state index >= 15 is 0 Å². The van der Waals surface area contributed by atoms with E-state index in [1.54, 1.807) is 17.8 Å². The van der Waals surface area contributed by atoms with Crippen LogP contribution in [-0.4, -0.2) is 22.4 Å². The first-order valence-electron chi connectivity index (χ1n) is 8.44. The number of benzene rings is 2. The molecular weight excluding hydrogens is 326 g/mol. The van der Waals surface area contributed by atoms with E-state index in [9.17, 15) is 4.79 Å². The summed E-state index contributed by atoms with van der Waals surface area (Å²) in [4.78, 5) is 11.7. The van der Waals surface area contributed by atoms with Gasteiger partial charge in [-0.25, -0.2) is 4.79 Å². The number of rotatable bonds is 6. The molecule has 1 heterocycles. The van der Waals surface area contributed by atoms with Crippen LogP contribution in [0.3, 0.4) is 0 Å². The summed E-state index contributed by atoms with van der Waals surface area (Å²) >= 11 is 0. The molecule has 3 rings (SSSR count). The van der Waals surface area contributed by atoms with Gasteiger partial charge in [-0.1, -0.05) is 36.4 Å². The number of carbonyl (C=O) groups is 1. The molecule has 1 aromatic heterocycles. The molecule has 0 fully saturated rings. The zero-order valence-corrected chi connectivity index (χ0v) is 14.6. The third-order valence-electron chi connectivity index (χ3n) is 4.00. The Kier molecular flexibility index (Phi) is 5.45. The topological polar surface area (TPSA) is 67.9 Å². The van der Waals surface area contributed by atoms with E-state index in [0.29, 0.717) is 24.3 Å². The molecule has 0 spiro atoms. The monoisotopic (exact) mass is 345 g/mol. The molecule has 0 amide bonds. The van der Waals surface area contributed by atoms with Gasteiger partial charge < -0.3 is 4.74 Å². The fourth-order valence-electron chi connectivity index (χ4n) is 2.65. The number of ether oxygens (including phenoxy) is 1. The quantitative estimate of drug-likeness (QED) is 0.641. The van der Waals surface area contributed by atoms with Crippen LogP contribution in [0.5, 0.6) is 0 Å². The first kappa shape index (κ1) is 17.4. The molecule has 5 nitrogen and oxygen atoms in total. The number of nitrogens with zero attached hydrogens (tertiary/aromatic N) is 3. The minimum atomic E-state index is -0.350. The molecule has 130 valence electrons. The zero-order valence-electron chi connectivity index (χ0n) is 14.6. The van der Waals surface area contributed by atoms with Crippen molar-refractivity contribution in [3.05, 3.63) is 88.7 Å². The SMILES string of the molecule is CCOC(=O)c1cnn(Cc2ccc(Cc3ccc(C#N)cc3)cc2)c1. The normalized spacial score (nSPS) is 10.3. The third-order valence-corrected chi connectivity index (χ3v) is 4.00. The van der Waals surface area contributed by atoms with E-state index in [1.165, 1.54) is 17.3 Å². The Morgan fingerprint density at radius 3 is 2.31 bits per heavy atom. The number of nitriles is 1. The predicted octanol–water partition coefficient (Wildman–Crippen LogP) is 3.57. The fraction of sp³-hybridized carbons (Fsp3) is 0.190. The van der Waals surface area contributed by atoms with Crippen LogP contribution in [0.2, 0.25) is 0 Å². The van der Waals surface area contributed by atoms with Crippen molar-refractivity contribution in [1.29, 1.82) is 5.26 Å². The number of carbonyl (C=O) groups excluding carboxylic acids is 1. The van der Waals surface area contributed by atoms with Gasteiger partial charge in [0.2, 0.25) is 0 Å². The highest BCUT2D eigenvalue weighted by Crippen LogP contribution is 2.13. The standard InChI is InChI=1S/C21H19N3O2/c1-2-26-21(25)20-13-23-24(15-20)14-19-9-5-17(6-10-19)11-16-3-7-18(12-22)8-4-16/h3-10,13,15H,2,11,14H2,1H3. The Morgan fingerprint density at radius 1 is 1.08 bits per heavy atom. The molecule has 0 bridgehead atoms. The van der Waals surface area contributed by atoms with Crippen molar-refractivity contribution in [2.24, 2.45) is 0 Å². The van der Waals surface area contributed by atoms with Crippen LogP contribution in [0.25, 0.3) is 0 Å². The second-order valence-corrected chi connectivity index (χ2v) is 5.95. The van der Waals surface area contributed by atoms with Gasteiger partial charge in [-0.2, -0.15) is 10.4 Å². The molecular formula is C21H19N3O2. The average molecular weight is 345 g/mol. The summed E-state index contributed by atoms with van der Waals surface area (Å²) in [5.41, 5.74) is 4.61. The van der Waals surface area contributed by atoms with Gasteiger partial charge in [0.1, 0.15) is 0 Å². The van der Waals surface area contributed by atoms with Gasteiger partial charge in [0, 0.05) is 6.20 Å². The van der Waals surface area contributed by atoms with E-state index < -0.39 is 0 Å². The molecule has 0 N–H and O–H groups in total. The maximum absolute atomic E-state index is 11.7. The zero-order chi connectivity index (χ0) is 18.4. The van der Waals surface area contributed by atoms with Gasteiger partial charge in [0.25, 0.3) is 0 Å². The molecule has 0 aliphatic carbocycles. The summed E-state index contributed by atoms with van der Waals surface area (Å²) in [6.45, 7) is 2.73. The van der Waals surface area contributed by atoms with Crippen molar-refractivity contribution in [2.75, 3.05) is 6.61 Å². The van der Waals surface area contributed by atoms with E-state index in [4.69, 9.17) is 10.00 Å². The Hall–Kier alpha value is -3.39. The lowest BCUT2D eigenvalue weighted by molar-refractivity contribution is 0.0526. The summed E-state index contributed by atoms with van der Waals surface area (Å²) < 4.78 is 6.69. The number of esters is 1. The van der Waals surface area contributed by atoms with E-state index in [1.807, 2.05) is 24.3 Å². The predicted molar refractivity (Wildman–Crippen MR) is 97.7 cm³/mol. The molecule has 0 aliphatic rings. The van der Waals surface area contributed by atoms with Crippen LogP contribution in [0.1, 0.15) is 39.5 Å². The Bertz CT molecular complexity index is 919. The van der Waals surface area contributed by atoms with Crippen LogP contribution in [0, 0.1) is 11.3 Å². The Balaban J connectivity index is 1.62. The highest BCUT2D eigenvalue weighted by atomic mass is 16.5. The number of aromatic nitrogens is 2. The third kappa shape index (κ3) is 4.37. The Morgan fingerprint density at radius 2 is 1.69 bits per heavy atom. The van der Waals surface area contributed by atoms with Crippen molar-refractivity contribution in [3.8, 4) is 6.07 Å². The molecule has 0 saturated heterocycles. The summed E-state index contributed by atoms with van der Waals surface area (Å²) in [5, 5.41) is 13.1. The minimum Gasteiger partial charge on any atom is -0.462 e. The molecule has 2 aromatic carbocycles. The van der Waals surface area contributed by atoms with Gasteiger partial charge in [0.05, 0.1) is 36.5 Å². The van der Waals surface area contributed by atoms with Crippen molar-refractivity contribution < 1.29 is 9.53 Å². The maximum atomic E-state index is 11.7. The Labute approximate surface area is 152 Å². The highest BCUT2D eigenvalue weighted by molar-refractivity contribution is 5.88. The van der Waals surface area contributed by atoms with Gasteiger partial charge in [-0.15, -0.1) is 0 Å². The molecule has 0 unspecified atom stereocenters. The van der Waals surface area contributed by atoms with Crippen LogP contribution >= 0.6 is 0 Å². The van der Waals surface area contributed by atoms with Crippen molar-refractivity contribution in [2.45, 2.75) is 19.9 Å². The lowest BCUT2D eigenvalue weighted by Crippen LogP contribution is -2.04. The lowest BCUT2D eigenvalue weighted by Gasteiger charge is -2.05. The van der Waals surface area contributed by atoms with Crippen LogP contribution in [0.4, 0.5) is 0 Å². The highest BCUT2D eigenvalue weighted by Gasteiger charge is 2.09. The van der Waals surface area contributed by atoms with Crippen LogP contribution in [-0.2, 0) is 17.7 Å². The number of hydrogen-bond donors (Lipinski definition) is 0. The van der Waals surface area contributed by atoms with E-state index in [-0.39, 0.29) is 5.97 Å². The summed E-state index contributed by atoms with van der Waals surface area (Å²) in [5.74, 6) is -0.350. The van der Waals surface area contributed by atoms with Crippen molar-refractivity contribution in [3.63, 3.8) is 0 Å². The fourth-order valence-corrected chi connectivity index (χ4v) is 2.65. The van der Waals surface area contributed by atoms with Gasteiger partial charge >= 0.3 is 5.97 Å². The maximum Gasteiger partial charge on any atom is 0.341 e. The minimum absolute atomic E-state index is 0.350. The first-order valence-corrected chi connectivity index (χ1v) is 8.44. The van der Waals surface area contributed by atoms with E-state index in [2.05, 4.69) is 35.4 Å². The van der Waals surface area contributed by atoms with Crippen LogP contribution in [0.15, 0.2) is 60.9 Å².